The topological polar surface area (TPSA) is 109 Å². The van der Waals surface area contributed by atoms with Gasteiger partial charge in [-0.15, -0.1) is 12.4 Å². The van der Waals surface area contributed by atoms with Gasteiger partial charge in [0, 0.05) is 26.0 Å². The first-order chi connectivity index (χ1) is 12.7. The third-order valence-electron chi connectivity index (χ3n) is 4.31. The molecule has 1 aromatic carbocycles. The number of benzene rings is 1. The highest BCUT2D eigenvalue weighted by Gasteiger charge is 2.17. The highest BCUT2D eigenvalue weighted by atomic mass is 35.5. The Morgan fingerprint density at radius 2 is 1.86 bits per heavy atom. The number of rotatable bonds is 7. The number of nitrogens with two attached hydrogens (primary N) is 1. The van der Waals surface area contributed by atoms with E-state index in [0.717, 1.165) is 10.9 Å². The molecule has 0 unspecified atom stereocenters. The number of nitrogens with zero attached hydrogens (tertiary/aromatic N) is 2. The van der Waals surface area contributed by atoms with E-state index in [0.29, 0.717) is 5.69 Å². The lowest BCUT2D eigenvalue weighted by Crippen LogP contribution is -2.46. The second-order valence-corrected chi connectivity index (χ2v) is 7.04. The van der Waals surface area contributed by atoms with Crippen molar-refractivity contribution in [1.82, 2.24) is 14.8 Å². The number of carbonyl (C=O) groups is 3. The van der Waals surface area contributed by atoms with E-state index in [1.165, 1.54) is 4.90 Å². The maximum Gasteiger partial charge on any atom is 0.243 e. The number of halogens is 1. The summed E-state index contributed by atoms with van der Waals surface area (Å²) in [5.74, 6) is -0.730. The molecule has 0 saturated carbocycles. The molecule has 1 aromatic heterocycles. The first kappa shape index (κ1) is 23.5. The molecule has 8 nitrogen and oxygen atoms in total. The Kier molecular flexibility index (Phi) is 8.46. The molecule has 0 aliphatic rings. The number of hydrogen-bond acceptors (Lipinski definition) is 4. The molecule has 0 radical (unpaired) electrons. The van der Waals surface area contributed by atoms with Crippen LogP contribution in [0.5, 0.6) is 0 Å². The van der Waals surface area contributed by atoms with E-state index < -0.39 is 6.04 Å². The molecule has 3 amide bonds. The molecule has 28 heavy (non-hydrogen) atoms. The minimum Gasteiger partial charge on any atom is -0.347 e. The summed E-state index contributed by atoms with van der Waals surface area (Å²) in [6.45, 7) is 3.75. The predicted molar refractivity (Wildman–Crippen MR) is 112 cm³/mol. The number of likely N-dealkylation sites (N-methyl/N-ethyl adjacent to an activating group) is 1. The summed E-state index contributed by atoms with van der Waals surface area (Å²) in [7, 11) is 3.41. The van der Waals surface area contributed by atoms with Gasteiger partial charge in [-0.25, -0.2) is 0 Å². The maximum absolute atomic E-state index is 12.1. The van der Waals surface area contributed by atoms with E-state index in [1.54, 1.807) is 26.2 Å². The summed E-state index contributed by atoms with van der Waals surface area (Å²) in [5, 5.41) is 6.25. The zero-order valence-corrected chi connectivity index (χ0v) is 17.4. The Hall–Kier alpha value is -2.58. The van der Waals surface area contributed by atoms with Crippen LogP contribution in [0.3, 0.4) is 0 Å². The second-order valence-electron chi connectivity index (χ2n) is 7.04. The summed E-state index contributed by atoms with van der Waals surface area (Å²) < 4.78 is 1.83. The fraction of sp³-hybridized carbons (Fsp3) is 0.421. The van der Waals surface area contributed by atoms with Gasteiger partial charge in [-0.1, -0.05) is 19.9 Å². The first-order valence-corrected chi connectivity index (χ1v) is 8.81. The summed E-state index contributed by atoms with van der Waals surface area (Å²) in [5.41, 5.74) is 7.18. The van der Waals surface area contributed by atoms with Gasteiger partial charge in [0.25, 0.3) is 0 Å². The second kappa shape index (κ2) is 10.1. The monoisotopic (exact) mass is 409 g/mol. The van der Waals surface area contributed by atoms with Crippen molar-refractivity contribution in [2.75, 3.05) is 26.0 Å². The number of carbonyl (C=O) groups excluding carboxylic acids is 3. The fourth-order valence-corrected chi connectivity index (χ4v) is 2.48. The van der Waals surface area contributed by atoms with Gasteiger partial charge in [-0.3, -0.25) is 14.4 Å². The van der Waals surface area contributed by atoms with Crippen molar-refractivity contribution in [1.29, 1.82) is 0 Å². The van der Waals surface area contributed by atoms with Crippen LogP contribution in [0.4, 0.5) is 5.69 Å². The zero-order chi connectivity index (χ0) is 20.1. The molecule has 9 heteroatoms. The van der Waals surface area contributed by atoms with Crippen LogP contribution in [0.2, 0.25) is 0 Å². The van der Waals surface area contributed by atoms with Gasteiger partial charge in [-0.05, 0) is 29.5 Å². The molecule has 0 bridgehead atoms. The van der Waals surface area contributed by atoms with Gasteiger partial charge < -0.3 is 25.8 Å². The molecule has 2 rings (SSSR count). The van der Waals surface area contributed by atoms with Crippen LogP contribution in [-0.4, -0.2) is 53.9 Å². The van der Waals surface area contributed by atoms with Crippen LogP contribution in [0.25, 0.3) is 10.9 Å². The number of amides is 3. The molecule has 0 aliphatic carbocycles. The largest absolute Gasteiger partial charge is 0.347 e. The lowest BCUT2D eigenvalue weighted by atomic mass is 10.1. The number of nitrogens with one attached hydrogen (secondary N) is 2. The lowest BCUT2D eigenvalue weighted by Gasteiger charge is -2.15. The van der Waals surface area contributed by atoms with Crippen LogP contribution < -0.4 is 16.4 Å². The van der Waals surface area contributed by atoms with Crippen LogP contribution in [0.15, 0.2) is 30.5 Å². The maximum atomic E-state index is 12.1. The SMILES string of the molecule is CC(C)[C@H](N)C(=O)NCC(=O)Nc1ccc2ccn(CC(=O)N(C)C)c2c1.Cl. The van der Waals surface area contributed by atoms with E-state index in [4.69, 9.17) is 5.73 Å². The number of aromatic nitrogens is 1. The highest BCUT2D eigenvalue weighted by molar-refractivity contribution is 5.97. The van der Waals surface area contributed by atoms with Gasteiger partial charge in [0.05, 0.1) is 18.1 Å². The zero-order valence-electron chi connectivity index (χ0n) is 16.6. The Morgan fingerprint density at radius 3 is 2.46 bits per heavy atom. The van der Waals surface area contributed by atoms with Crippen molar-refractivity contribution in [3.05, 3.63) is 30.5 Å². The minimum absolute atomic E-state index is 0. The van der Waals surface area contributed by atoms with E-state index in [9.17, 15) is 14.4 Å². The molecule has 4 N–H and O–H groups in total. The average Bonchev–Trinajstić information content (AvgIpc) is 3.01. The Morgan fingerprint density at radius 1 is 1.18 bits per heavy atom. The van der Waals surface area contributed by atoms with Gasteiger partial charge in [0.1, 0.15) is 6.54 Å². The number of fused-ring (bicyclic) bond motifs is 1. The van der Waals surface area contributed by atoms with Crippen molar-refractivity contribution in [3.63, 3.8) is 0 Å². The summed E-state index contributed by atoms with van der Waals surface area (Å²) in [4.78, 5) is 37.4. The van der Waals surface area contributed by atoms with Crippen molar-refractivity contribution in [3.8, 4) is 0 Å². The molecule has 2 aromatic rings. The average molecular weight is 410 g/mol. The standard InChI is InChI=1S/C19H27N5O3.ClH/c1-12(2)18(20)19(27)21-10-16(25)22-14-6-5-13-7-8-24(15(13)9-14)11-17(26)23(3)4;/h5-9,12,18H,10-11,20H2,1-4H3,(H,21,27)(H,22,25);1H/t18-;/m0./s1. The van der Waals surface area contributed by atoms with Gasteiger partial charge >= 0.3 is 0 Å². The van der Waals surface area contributed by atoms with Crippen molar-refractivity contribution in [2.45, 2.75) is 26.4 Å². The van der Waals surface area contributed by atoms with E-state index in [-0.39, 0.29) is 49.1 Å². The van der Waals surface area contributed by atoms with Gasteiger partial charge in [0.15, 0.2) is 0 Å². The van der Waals surface area contributed by atoms with E-state index in [2.05, 4.69) is 10.6 Å². The molecular formula is C19H28ClN5O3. The predicted octanol–water partition coefficient (Wildman–Crippen LogP) is 1.19. The van der Waals surface area contributed by atoms with Crippen LogP contribution >= 0.6 is 12.4 Å². The first-order valence-electron chi connectivity index (χ1n) is 8.81. The summed E-state index contributed by atoms with van der Waals surface area (Å²) in [6, 6.07) is 6.72. The number of anilines is 1. The Labute approximate surface area is 170 Å². The lowest BCUT2D eigenvalue weighted by molar-refractivity contribution is -0.129. The van der Waals surface area contributed by atoms with Crippen LogP contribution in [0.1, 0.15) is 13.8 Å². The fourth-order valence-electron chi connectivity index (χ4n) is 2.48. The Balaban J connectivity index is 0.00000392. The number of hydrogen-bond donors (Lipinski definition) is 3. The molecule has 0 aliphatic heterocycles. The van der Waals surface area contributed by atoms with Gasteiger partial charge in [0.2, 0.25) is 17.7 Å². The van der Waals surface area contributed by atoms with Gasteiger partial charge in [-0.2, -0.15) is 0 Å². The van der Waals surface area contributed by atoms with Crippen LogP contribution in [0, 0.1) is 5.92 Å². The third-order valence-corrected chi connectivity index (χ3v) is 4.31. The molecular weight excluding hydrogens is 382 g/mol. The molecule has 0 saturated heterocycles. The van der Waals surface area contributed by atoms with Crippen molar-refractivity contribution >= 4 is 46.7 Å². The smallest absolute Gasteiger partial charge is 0.243 e. The quantitative estimate of drug-likeness (QED) is 0.638. The van der Waals surface area contributed by atoms with E-state index >= 15 is 0 Å². The van der Waals surface area contributed by atoms with Crippen molar-refractivity contribution < 1.29 is 14.4 Å². The summed E-state index contributed by atoms with van der Waals surface area (Å²) in [6.07, 6.45) is 1.84. The molecule has 1 heterocycles. The Bertz CT molecular complexity index is 847. The van der Waals surface area contributed by atoms with Crippen molar-refractivity contribution in [2.24, 2.45) is 11.7 Å². The molecule has 0 fully saturated rings. The third kappa shape index (κ3) is 5.97. The normalized spacial score (nSPS) is 11.6. The van der Waals surface area contributed by atoms with Crippen LogP contribution in [-0.2, 0) is 20.9 Å². The molecule has 1 atom stereocenters. The van der Waals surface area contributed by atoms with E-state index in [1.807, 2.05) is 36.7 Å². The minimum atomic E-state index is -0.647. The highest BCUT2D eigenvalue weighted by Crippen LogP contribution is 2.20. The molecule has 0 spiro atoms. The summed E-state index contributed by atoms with van der Waals surface area (Å²) >= 11 is 0. The molecule has 154 valence electrons.